The van der Waals surface area contributed by atoms with E-state index in [1.54, 1.807) is 18.2 Å². The van der Waals surface area contributed by atoms with Crippen LogP contribution in [0.2, 0.25) is 10.0 Å². The van der Waals surface area contributed by atoms with Crippen LogP contribution in [0.5, 0.6) is 0 Å². The van der Waals surface area contributed by atoms with Crippen LogP contribution in [0, 0.1) is 0 Å². The Labute approximate surface area is 140 Å². The van der Waals surface area contributed by atoms with Gasteiger partial charge in [-0.2, -0.15) is 0 Å². The van der Waals surface area contributed by atoms with Crippen molar-refractivity contribution in [1.82, 2.24) is 4.90 Å². The minimum Gasteiger partial charge on any atom is -0.324 e. The molecule has 0 unspecified atom stereocenters. The highest BCUT2D eigenvalue weighted by atomic mass is 35.5. The van der Waals surface area contributed by atoms with E-state index in [0.717, 1.165) is 13.1 Å². The van der Waals surface area contributed by atoms with Crippen molar-refractivity contribution in [2.24, 2.45) is 0 Å². The molecule has 0 atom stereocenters. The zero-order chi connectivity index (χ0) is 15.9. The third-order valence-corrected chi connectivity index (χ3v) is 3.83. The molecule has 0 aliphatic carbocycles. The summed E-state index contributed by atoms with van der Waals surface area (Å²) in [5.74, 6) is -0.109. The number of nitrogens with zero attached hydrogens (tertiary/aromatic N) is 1. The highest BCUT2D eigenvalue weighted by molar-refractivity contribution is 6.35. The van der Waals surface area contributed by atoms with E-state index in [2.05, 4.69) is 22.3 Å². The zero-order valence-electron chi connectivity index (χ0n) is 12.4. The van der Waals surface area contributed by atoms with Gasteiger partial charge in [0.1, 0.15) is 0 Å². The quantitative estimate of drug-likeness (QED) is 0.844. The van der Waals surface area contributed by atoms with Gasteiger partial charge in [0, 0.05) is 11.6 Å². The minimum absolute atomic E-state index is 0.109. The highest BCUT2D eigenvalue weighted by Gasteiger charge is 2.11. The monoisotopic (exact) mass is 336 g/mol. The van der Waals surface area contributed by atoms with Crippen molar-refractivity contribution in [3.63, 3.8) is 0 Å². The number of carbonyl (C=O) groups is 1. The van der Waals surface area contributed by atoms with Crippen molar-refractivity contribution in [2.75, 3.05) is 18.4 Å². The normalized spacial score (nSPS) is 10.7. The molecule has 0 bridgehead atoms. The van der Waals surface area contributed by atoms with Crippen molar-refractivity contribution in [2.45, 2.75) is 13.5 Å². The molecule has 2 rings (SSSR count). The Bertz CT molecular complexity index is 632. The van der Waals surface area contributed by atoms with E-state index in [-0.39, 0.29) is 5.91 Å². The van der Waals surface area contributed by atoms with E-state index >= 15 is 0 Å². The summed E-state index contributed by atoms with van der Waals surface area (Å²) in [7, 11) is 0. The molecule has 0 radical (unpaired) electrons. The van der Waals surface area contributed by atoms with Gasteiger partial charge < -0.3 is 5.32 Å². The van der Waals surface area contributed by atoms with E-state index in [1.165, 1.54) is 5.56 Å². The van der Waals surface area contributed by atoms with Crippen molar-refractivity contribution >= 4 is 34.8 Å². The maximum atomic E-state index is 12.2. The molecular formula is C17H18Cl2N2O. The number of hydrogen-bond donors (Lipinski definition) is 1. The number of amides is 1. The fourth-order valence-corrected chi connectivity index (χ4v) is 2.44. The van der Waals surface area contributed by atoms with Crippen LogP contribution in [0.25, 0.3) is 0 Å². The van der Waals surface area contributed by atoms with Crippen LogP contribution >= 0.6 is 23.2 Å². The van der Waals surface area contributed by atoms with Gasteiger partial charge in [-0.15, -0.1) is 0 Å². The van der Waals surface area contributed by atoms with Crippen molar-refractivity contribution in [3.05, 3.63) is 64.1 Å². The average Bonchev–Trinajstić information content (AvgIpc) is 2.51. The Morgan fingerprint density at radius 3 is 2.55 bits per heavy atom. The molecule has 5 heteroatoms. The lowest BCUT2D eigenvalue weighted by molar-refractivity contribution is -0.117. The Balaban J connectivity index is 1.96. The van der Waals surface area contributed by atoms with Gasteiger partial charge in [-0.25, -0.2) is 0 Å². The summed E-state index contributed by atoms with van der Waals surface area (Å²) in [5, 5.41) is 3.82. The van der Waals surface area contributed by atoms with Crippen LogP contribution in [0.15, 0.2) is 48.5 Å². The van der Waals surface area contributed by atoms with Gasteiger partial charge in [0.2, 0.25) is 5.91 Å². The third kappa shape index (κ3) is 5.02. The van der Waals surface area contributed by atoms with Crippen molar-refractivity contribution < 1.29 is 4.79 Å². The van der Waals surface area contributed by atoms with Gasteiger partial charge in [0.05, 0.1) is 17.3 Å². The Morgan fingerprint density at radius 2 is 1.86 bits per heavy atom. The number of carbonyl (C=O) groups excluding carboxylic acids is 1. The molecule has 2 aromatic carbocycles. The van der Waals surface area contributed by atoms with E-state index < -0.39 is 0 Å². The molecule has 116 valence electrons. The van der Waals surface area contributed by atoms with Gasteiger partial charge in [0.25, 0.3) is 0 Å². The van der Waals surface area contributed by atoms with Gasteiger partial charge in [0.15, 0.2) is 0 Å². The molecule has 0 aliphatic heterocycles. The highest BCUT2D eigenvalue weighted by Crippen LogP contribution is 2.25. The Hall–Kier alpha value is -1.55. The molecule has 22 heavy (non-hydrogen) atoms. The van der Waals surface area contributed by atoms with Crippen LogP contribution in [0.4, 0.5) is 5.69 Å². The van der Waals surface area contributed by atoms with Crippen LogP contribution < -0.4 is 5.32 Å². The molecule has 2 aromatic rings. The largest absolute Gasteiger partial charge is 0.324 e. The first kappa shape index (κ1) is 16.8. The molecular weight excluding hydrogens is 319 g/mol. The van der Waals surface area contributed by atoms with Gasteiger partial charge >= 0.3 is 0 Å². The number of likely N-dealkylation sites (N-methyl/N-ethyl adjacent to an activating group) is 1. The van der Waals surface area contributed by atoms with E-state index in [1.807, 2.05) is 25.1 Å². The van der Waals surface area contributed by atoms with Crippen LogP contribution in [0.3, 0.4) is 0 Å². The Morgan fingerprint density at radius 1 is 1.14 bits per heavy atom. The average molecular weight is 337 g/mol. The molecule has 0 saturated heterocycles. The first-order valence-electron chi connectivity index (χ1n) is 7.09. The third-order valence-electron chi connectivity index (χ3n) is 3.27. The lowest BCUT2D eigenvalue weighted by atomic mass is 10.2. The van der Waals surface area contributed by atoms with Crippen LogP contribution in [-0.2, 0) is 11.3 Å². The summed E-state index contributed by atoms with van der Waals surface area (Å²) in [5.41, 5.74) is 1.72. The summed E-state index contributed by atoms with van der Waals surface area (Å²) in [4.78, 5) is 14.2. The van der Waals surface area contributed by atoms with E-state index in [4.69, 9.17) is 23.2 Å². The summed E-state index contributed by atoms with van der Waals surface area (Å²) in [6, 6.07) is 15.1. The molecule has 0 aromatic heterocycles. The van der Waals surface area contributed by atoms with Crippen molar-refractivity contribution in [1.29, 1.82) is 0 Å². The number of rotatable bonds is 6. The lowest BCUT2D eigenvalue weighted by Crippen LogP contribution is -2.32. The number of nitrogens with one attached hydrogen (secondary N) is 1. The predicted octanol–water partition coefficient (Wildman–Crippen LogP) is 4.45. The molecule has 0 fully saturated rings. The molecule has 0 saturated carbocycles. The number of halogens is 2. The van der Waals surface area contributed by atoms with Crippen molar-refractivity contribution in [3.8, 4) is 0 Å². The predicted molar refractivity (Wildman–Crippen MR) is 92.5 cm³/mol. The number of benzene rings is 2. The van der Waals surface area contributed by atoms with E-state index in [9.17, 15) is 4.79 Å². The fourth-order valence-electron chi connectivity index (χ4n) is 2.11. The van der Waals surface area contributed by atoms with Crippen LogP contribution in [-0.4, -0.2) is 23.9 Å². The van der Waals surface area contributed by atoms with Gasteiger partial charge in [-0.05, 0) is 30.3 Å². The molecule has 1 N–H and O–H groups in total. The second kappa shape index (κ2) is 8.18. The summed E-state index contributed by atoms with van der Waals surface area (Å²) in [6.07, 6.45) is 0. The standard InChI is InChI=1S/C17H18Cl2N2O/c1-2-21(11-13-6-4-3-5-7-13)12-17(22)20-16-10-14(18)8-9-15(16)19/h3-10H,2,11-12H2,1H3,(H,20,22). The molecule has 0 spiro atoms. The van der Waals surface area contributed by atoms with Crippen LogP contribution in [0.1, 0.15) is 12.5 Å². The number of hydrogen-bond acceptors (Lipinski definition) is 2. The first-order chi connectivity index (χ1) is 10.6. The second-order valence-corrected chi connectivity index (χ2v) is 5.80. The topological polar surface area (TPSA) is 32.3 Å². The maximum Gasteiger partial charge on any atom is 0.238 e. The van der Waals surface area contributed by atoms with E-state index in [0.29, 0.717) is 22.3 Å². The lowest BCUT2D eigenvalue weighted by Gasteiger charge is -2.20. The molecule has 0 heterocycles. The molecule has 1 amide bonds. The molecule has 3 nitrogen and oxygen atoms in total. The number of anilines is 1. The minimum atomic E-state index is -0.109. The maximum absolute atomic E-state index is 12.2. The van der Waals surface area contributed by atoms with Gasteiger partial charge in [-0.3, -0.25) is 9.69 Å². The summed E-state index contributed by atoms with van der Waals surface area (Å²) in [6.45, 7) is 3.84. The fraction of sp³-hybridized carbons (Fsp3) is 0.235. The van der Waals surface area contributed by atoms with Gasteiger partial charge in [-0.1, -0.05) is 60.5 Å². The summed E-state index contributed by atoms with van der Waals surface area (Å²) < 4.78 is 0. The second-order valence-electron chi connectivity index (χ2n) is 4.96. The SMILES string of the molecule is CCN(CC(=O)Nc1cc(Cl)ccc1Cl)Cc1ccccc1. The smallest absolute Gasteiger partial charge is 0.238 e. The summed E-state index contributed by atoms with van der Waals surface area (Å²) >= 11 is 12.0. The molecule has 0 aliphatic rings. The first-order valence-corrected chi connectivity index (χ1v) is 7.85. The zero-order valence-corrected chi connectivity index (χ0v) is 13.9. The Kier molecular flexibility index (Phi) is 6.25.